The third kappa shape index (κ3) is 3.31. The fourth-order valence-corrected chi connectivity index (χ4v) is 2.94. The number of aryl methyl sites for hydroxylation is 2. The summed E-state index contributed by atoms with van der Waals surface area (Å²) in [5.41, 5.74) is 0. The van der Waals surface area contributed by atoms with Gasteiger partial charge in [-0.15, -0.1) is 5.10 Å². The minimum Gasteiger partial charge on any atom is -0.324 e. The Labute approximate surface area is 115 Å². The van der Waals surface area contributed by atoms with E-state index in [4.69, 9.17) is 11.6 Å². The fraction of sp³-hybridized carbons (Fsp3) is 0.444. The van der Waals surface area contributed by atoms with E-state index in [1.807, 2.05) is 0 Å². The lowest BCUT2D eigenvalue weighted by Crippen LogP contribution is -2.26. The highest BCUT2D eigenvalue weighted by Gasteiger charge is 2.21. The Morgan fingerprint density at radius 1 is 1.47 bits per heavy atom. The van der Waals surface area contributed by atoms with Crippen LogP contribution in [-0.4, -0.2) is 39.5 Å². The van der Waals surface area contributed by atoms with Gasteiger partial charge in [-0.25, -0.2) is 18.1 Å². The molecule has 10 heteroatoms. The summed E-state index contributed by atoms with van der Waals surface area (Å²) in [7, 11) is -2.05. The number of hydrogen-bond acceptors (Lipinski definition) is 5. The molecule has 1 N–H and O–H groups in total. The molecular weight excluding hydrogens is 292 g/mol. The SMILES string of the molecule is Cn1cnc(S(=O)(=O)NCCCn2ccnn2)c1Cl. The number of halogens is 1. The second-order valence-electron chi connectivity index (χ2n) is 3.87. The van der Waals surface area contributed by atoms with Crippen LogP contribution in [-0.2, 0) is 23.6 Å². The zero-order valence-electron chi connectivity index (χ0n) is 10.2. The zero-order chi connectivity index (χ0) is 13.9. The second kappa shape index (κ2) is 5.68. The van der Waals surface area contributed by atoms with Gasteiger partial charge in [0.25, 0.3) is 10.0 Å². The molecule has 19 heavy (non-hydrogen) atoms. The van der Waals surface area contributed by atoms with Crippen LogP contribution < -0.4 is 4.72 Å². The Balaban J connectivity index is 1.90. The molecule has 0 fully saturated rings. The molecule has 0 aliphatic carbocycles. The molecule has 0 unspecified atom stereocenters. The van der Waals surface area contributed by atoms with Gasteiger partial charge in [0.15, 0.2) is 0 Å². The molecule has 0 aromatic carbocycles. The highest BCUT2D eigenvalue weighted by atomic mass is 35.5. The van der Waals surface area contributed by atoms with Crippen LogP contribution >= 0.6 is 11.6 Å². The van der Waals surface area contributed by atoms with Gasteiger partial charge in [-0.05, 0) is 6.42 Å². The van der Waals surface area contributed by atoms with Crippen LogP contribution in [0.15, 0.2) is 23.7 Å². The number of nitrogens with one attached hydrogen (secondary N) is 1. The normalized spacial score (nSPS) is 11.9. The van der Waals surface area contributed by atoms with E-state index in [1.165, 1.54) is 10.9 Å². The lowest BCUT2D eigenvalue weighted by atomic mass is 10.4. The first-order chi connectivity index (χ1) is 9.00. The average Bonchev–Trinajstić information content (AvgIpc) is 2.97. The minimum atomic E-state index is -3.67. The molecule has 0 radical (unpaired) electrons. The largest absolute Gasteiger partial charge is 0.324 e. The first-order valence-electron chi connectivity index (χ1n) is 5.51. The highest BCUT2D eigenvalue weighted by Crippen LogP contribution is 2.17. The Kier molecular flexibility index (Phi) is 4.17. The maximum atomic E-state index is 11.9. The molecule has 104 valence electrons. The summed E-state index contributed by atoms with van der Waals surface area (Å²) in [5, 5.41) is 7.37. The van der Waals surface area contributed by atoms with Gasteiger partial charge in [-0.1, -0.05) is 16.8 Å². The van der Waals surface area contributed by atoms with Crippen LogP contribution in [0.4, 0.5) is 0 Å². The quantitative estimate of drug-likeness (QED) is 0.760. The van der Waals surface area contributed by atoms with Crippen molar-refractivity contribution in [2.24, 2.45) is 7.05 Å². The van der Waals surface area contributed by atoms with Crippen LogP contribution in [0.25, 0.3) is 0 Å². The maximum absolute atomic E-state index is 11.9. The molecule has 2 rings (SSSR count). The van der Waals surface area contributed by atoms with Gasteiger partial charge >= 0.3 is 0 Å². The smallest absolute Gasteiger partial charge is 0.261 e. The predicted molar refractivity (Wildman–Crippen MR) is 68.0 cm³/mol. The molecule has 2 aromatic heterocycles. The fourth-order valence-electron chi connectivity index (χ4n) is 1.44. The standard InChI is InChI=1S/C9H13ClN6O2S/c1-15-7-11-9(8(15)10)19(17,18)13-3-2-5-16-6-4-12-14-16/h4,6-7,13H,2-3,5H2,1H3. The second-order valence-corrected chi connectivity index (χ2v) is 5.91. The number of sulfonamides is 1. The lowest BCUT2D eigenvalue weighted by Gasteiger charge is -2.05. The van der Waals surface area contributed by atoms with Gasteiger partial charge in [0, 0.05) is 26.3 Å². The van der Waals surface area contributed by atoms with E-state index in [0.29, 0.717) is 13.0 Å². The van der Waals surface area contributed by atoms with E-state index in [1.54, 1.807) is 24.1 Å². The van der Waals surface area contributed by atoms with Crippen LogP contribution in [0.2, 0.25) is 5.15 Å². The minimum absolute atomic E-state index is 0.0868. The van der Waals surface area contributed by atoms with Crippen molar-refractivity contribution >= 4 is 21.6 Å². The molecule has 0 bridgehead atoms. The summed E-state index contributed by atoms with van der Waals surface area (Å²) in [6.07, 6.45) is 5.22. The van der Waals surface area contributed by atoms with Gasteiger partial charge in [-0.3, -0.25) is 4.68 Å². The van der Waals surface area contributed by atoms with E-state index in [-0.39, 0.29) is 16.7 Å². The molecule has 0 amide bonds. The summed E-state index contributed by atoms with van der Waals surface area (Å²) >= 11 is 5.85. The summed E-state index contributed by atoms with van der Waals surface area (Å²) < 4.78 is 29.3. The molecule has 8 nitrogen and oxygen atoms in total. The molecule has 0 saturated heterocycles. The Morgan fingerprint density at radius 3 is 2.84 bits per heavy atom. The molecule has 2 aromatic rings. The van der Waals surface area contributed by atoms with E-state index < -0.39 is 10.0 Å². The maximum Gasteiger partial charge on any atom is 0.261 e. The monoisotopic (exact) mass is 304 g/mol. The Morgan fingerprint density at radius 2 is 2.26 bits per heavy atom. The topological polar surface area (TPSA) is 94.7 Å². The summed E-state index contributed by atoms with van der Waals surface area (Å²) in [5.74, 6) is 0. The van der Waals surface area contributed by atoms with Crippen molar-refractivity contribution in [3.8, 4) is 0 Å². The summed E-state index contributed by atoms with van der Waals surface area (Å²) in [6, 6.07) is 0. The van der Waals surface area contributed by atoms with E-state index in [2.05, 4.69) is 20.0 Å². The van der Waals surface area contributed by atoms with Crippen LogP contribution in [0.5, 0.6) is 0 Å². The zero-order valence-corrected chi connectivity index (χ0v) is 11.8. The number of imidazole rings is 1. The lowest BCUT2D eigenvalue weighted by molar-refractivity contribution is 0.541. The van der Waals surface area contributed by atoms with Gasteiger partial charge in [0.1, 0.15) is 5.15 Å². The first-order valence-corrected chi connectivity index (χ1v) is 7.37. The van der Waals surface area contributed by atoms with Crippen molar-refractivity contribution in [2.45, 2.75) is 18.0 Å². The molecular formula is C9H13ClN6O2S. The number of hydrogen-bond donors (Lipinski definition) is 1. The van der Waals surface area contributed by atoms with Gasteiger partial charge in [0.2, 0.25) is 5.03 Å². The van der Waals surface area contributed by atoms with Crippen molar-refractivity contribution in [1.29, 1.82) is 0 Å². The number of rotatable bonds is 6. The molecule has 0 aliphatic rings. The van der Waals surface area contributed by atoms with E-state index >= 15 is 0 Å². The molecule has 0 spiro atoms. The number of aromatic nitrogens is 5. The average molecular weight is 305 g/mol. The van der Waals surface area contributed by atoms with Crippen molar-refractivity contribution < 1.29 is 8.42 Å². The van der Waals surface area contributed by atoms with Gasteiger partial charge in [0.05, 0.1) is 12.5 Å². The van der Waals surface area contributed by atoms with Crippen LogP contribution in [0.3, 0.4) is 0 Å². The molecule has 0 saturated carbocycles. The number of nitrogens with zero attached hydrogens (tertiary/aromatic N) is 5. The molecule has 2 heterocycles. The van der Waals surface area contributed by atoms with Crippen molar-refractivity contribution in [3.63, 3.8) is 0 Å². The van der Waals surface area contributed by atoms with Crippen molar-refractivity contribution in [2.75, 3.05) is 6.54 Å². The summed E-state index contributed by atoms with van der Waals surface area (Å²) in [6.45, 7) is 0.855. The predicted octanol–water partition coefficient (Wildman–Crippen LogP) is 0.0336. The first kappa shape index (κ1) is 14.0. The third-order valence-corrected chi connectivity index (χ3v) is 4.37. The van der Waals surface area contributed by atoms with Crippen molar-refractivity contribution in [3.05, 3.63) is 23.9 Å². The van der Waals surface area contributed by atoms with E-state index in [0.717, 1.165) is 0 Å². The highest BCUT2D eigenvalue weighted by molar-refractivity contribution is 7.89. The summed E-state index contributed by atoms with van der Waals surface area (Å²) in [4.78, 5) is 3.77. The molecule has 0 atom stereocenters. The Hall–Kier alpha value is -1.45. The van der Waals surface area contributed by atoms with E-state index in [9.17, 15) is 8.42 Å². The van der Waals surface area contributed by atoms with Crippen LogP contribution in [0.1, 0.15) is 6.42 Å². The molecule has 0 aliphatic heterocycles. The van der Waals surface area contributed by atoms with Crippen LogP contribution in [0, 0.1) is 0 Å². The third-order valence-electron chi connectivity index (χ3n) is 2.42. The van der Waals surface area contributed by atoms with Gasteiger partial charge in [-0.2, -0.15) is 0 Å². The van der Waals surface area contributed by atoms with Crippen molar-refractivity contribution in [1.82, 2.24) is 29.3 Å². The Bertz CT molecular complexity index is 636. The van der Waals surface area contributed by atoms with Gasteiger partial charge < -0.3 is 4.57 Å².